The Morgan fingerprint density at radius 3 is 2.53 bits per heavy atom. The molecule has 0 aliphatic heterocycles. The molecular formula is C12H11N5. The number of aromatic nitrogens is 5. The molecule has 0 fully saturated rings. The molecule has 3 rings (SSSR count). The molecule has 0 amide bonds. The van der Waals surface area contributed by atoms with Crippen LogP contribution in [-0.4, -0.2) is 24.5 Å². The Morgan fingerprint density at radius 2 is 1.82 bits per heavy atom. The number of pyridine rings is 1. The minimum absolute atomic E-state index is 0.808. The summed E-state index contributed by atoms with van der Waals surface area (Å²) in [5.41, 5.74) is 2.08. The van der Waals surface area contributed by atoms with Crippen molar-refractivity contribution in [1.29, 1.82) is 0 Å². The van der Waals surface area contributed by atoms with E-state index in [9.17, 15) is 0 Å². The van der Waals surface area contributed by atoms with Crippen molar-refractivity contribution in [3.63, 3.8) is 0 Å². The predicted molar refractivity (Wildman–Crippen MR) is 63.6 cm³/mol. The number of aryl methyl sites for hydroxylation is 1. The number of hydrogen-bond donors (Lipinski definition) is 0. The second-order valence-electron chi connectivity index (χ2n) is 3.76. The second-order valence-corrected chi connectivity index (χ2v) is 3.76. The number of nitrogens with zero attached hydrogens (tertiary/aromatic N) is 5. The predicted octanol–water partition coefficient (Wildman–Crippen LogP) is 1.67. The van der Waals surface area contributed by atoms with E-state index in [1.165, 1.54) is 0 Å². The summed E-state index contributed by atoms with van der Waals surface area (Å²) in [7, 11) is 1.90. The Labute approximate surface area is 98.3 Å². The summed E-state index contributed by atoms with van der Waals surface area (Å²) >= 11 is 0. The largest absolute Gasteiger partial charge is 0.275 e. The zero-order valence-corrected chi connectivity index (χ0v) is 9.35. The third-order valence-corrected chi connectivity index (χ3v) is 2.50. The van der Waals surface area contributed by atoms with Crippen LogP contribution in [0.4, 0.5) is 0 Å². The average molecular weight is 225 g/mol. The summed E-state index contributed by atoms with van der Waals surface area (Å²) < 4.78 is 3.52. The molecule has 0 aliphatic carbocycles. The molecule has 0 aliphatic rings. The van der Waals surface area contributed by atoms with Gasteiger partial charge in [-0.15, -0.1) is 0 Å². The first-order valence-corrected chi connectivity index (χ1v) is 5.28. The fourth-order valence-corrected chi connectivity index (χ4v) is 1.66. The van der Waals surface area contributed by atoms with E-state index in [0.717, 1.165) is 16.9 Å². The Bertz CT molecular complexity index is 623. The quantitative estimate of drug-likeness (QED) is 0.666. The highest BCUT2D eigenvalue weighted by atomic mass is 15.3. The van der Waals surface area contributed by atoms with Crippen molar-refractivity contribution in [3.8, 4) is 16.9 Å². The van der Waals surface area contributed by atoms with E-state index < -0.39 is 0 Å². The van der Waals surface area contributed by atoms with Crippen LogP contribution in [0.1, 0.15) is 0 Å². The minimum Gasteiger partial charge on any atom is -0.275 e. The topological polar surface area (TPSA) is 48.5 Å². The second kappa shape index (κ2) is 3.86. The van der Waals surface area contributed by atoms with E-state index in [0.29, 0.717) is 0 Å². The summed E-state index contributed by atoms with van der Waals surface area (Å²) in [4.78, 5) is 4.24. The third-order valence-electron chi connectivity index (χ3n) is 2.50. The molecule has 3 aromatic rings. The SMILES string of the molecule is Cn1cc(-c2cnn(-c3ccccn3)c2)cn1. The lowest BCUT2D eigenvalue weighted by atomic mass is 10.2. The summed E-state index contributed by atoms with van der Waals surface area (Å²) in [5.74, 6) is 0.808. The van der Waals surface area contributed by atoms with Gasteiger partial charge in [0.1, 0.15) is 0 Å². The van der Waals surface area contributed by atoms with Crippen LogP contribution in [0.2, 0.25) is 0 Å². The highest BCUT2D eigenvalue weighted by molar-refractivity contribution is 5.60. The van der Waals surface area contributed by atoms with E-state index >= 15 is 0 Å². The van der Waals surface area contributed by atoms with Crippen molar-refractivity contribution in [2.75, 3.05) is 0 Å². The van der Waals surface area contributed by atoms with Gasteiger partial charge in [-0.05, 0) is 12.1 Å². The highest BCUT2D eigenvalue weighted by Crippen LogP contribution is 2.18. The fourth-order valence-electron chi connectivity index (χ4n) is 1.66. The van der Waals surface area contributed by atoms with Crippen LogP contribution >= 0.6 is 0 Å². The Hall–Kier alpha value is -2.43. The van der Waals surface area contributed by atoms with Gasteiger partial charge in [-0.3, -0.25) is 4.68 Å². The summed E-state index contributed by atoms with van der Waals surface area (Å²) in [6, 6.07) is 5.74. The Kier molecular flexibility index (Phi) is 2.22. The normalized spacial score (nSPS) is 10.6. The van der Waals surface area contributed by atoms with Crippen LogP contribution < -0.4 is 0 Å². The van der Waals surface area contributed by atoms with Crippen molar-refractivity contribution in [2.45, 2.75) is 0 Å². The highest BCUT2D eigenvalue weighted by Gasteiger charge is 2.05. The van der Waals surface area contributed by atoms with Crippen LogP contribution in [0, 0.1) is 0 Å². The van der Waals surface area contributed by atoms with Crippen molar-refractivity contribution in [1.82, 2.24) is 24.5 Å². The van der Waals surface area contributed by atoms with Crippen LogP contribution in [0.5, 0.6) is 0 Å². The molecule has 0 N–H and O–H groups in total. The number of hydrogen-bond acceptors (Lipinski definition) is 3. The van der Waals surface area contributed by atoms with Gasteiger partial charge in [-0.25, -0.2) is 9.67 Å². The molecule has 3 aromatic heterocycles. The van der Waals surface area contributed by atoms with Gasteiger partial charge in [0.2, 0.25) is 0 Å². The van der Waals surface area contributed by atoms with Crippen molar-refractivity contribution in [3.05, 3.63) is 49.2 Å². The lowest BCUT2D eigenvalue weighted by Crippen LogP contribution is -1.95. The van der Waals surface area contributed by atoms with Crippen molar-refractivity contribution in [2.24, 2.45) is 7.05 Å². The molecule has 3 heterocycles. The van der Waals surface area contributed by atoms with E-state index in [2.05, 4.69) is 15.2 Å². The van der Waals surface area contributed by atoms with Gasteiger partial charge in [-0.1, -0.05) is 6.07 Å². The Morgan fingerprint density at radius 1 is 1.00 bits per heavy atom. The molecule has 0 spiro atoms. The first kappa shape index (κ1) is 9.77. The van der Waals surface area contributed by atoms with Crippen LogP contribution in [-0.2, 0) is 7.05 Å². The average Bonchev–Trinajstić information content (AvgIpc) is 2.98. The molecular weight excluding hydrogens is 214 g/mol. The van der Waals surface area contributed by atoms with E-state index in [-0.39, 0.29) is 0 Å². The maximum Gasteiger partial charge on any atom is 0.153 e. The van der Waals surface area contributed by atoms with Gasteiger partial charge in [0.15, 0.2) is 5.82 Å². The minimum atomic E-state index is 0.808. The van der Waals surface area contributed by atoms with Crippen molar-refractivity contribution < 1.29 is 0 Å². The third kappa shape index (κ3) is 1.82. The molecule has 0 atom stereocenters. The zero-order chi connectivity index (χ0) is 11.7. The van der Waals surface area contributed by atoms with Gasteiger partial charge in [0.05, 0.1) is 12.4 Å². The first-order valence-electron chi connectivity index (χ1n) is 5.28. The van der Waals surface area contributed by atoms with Gasteiger partial charge < -0.3 is 0 Å². The molecule has 0 saturated carbocycles. The Balaban J connectivity index is 1.99. The maximum absolute atomic E-state index is 4.29. The summed E-state index contributed by atoms with van der Waals surface area (Å²) in [6.07, 6.45) is 9.28. The molecule has 0 aromatic carbocycles. The molecule has 84 valence electrons. The number of rotatable bonds is 2. The molecule has 5 heteroatoms. The summed E-state index contributed by atoms with van der Waals surface area (Å²) in [5, 5.41) is 8.43. The lowest BCUT2D eigenvalue weighted by Gasteiger charge is -1.97. The van der Waals surface area contributed by atoms with Gasteiger partial charge in [-0.2, -0.15) is 10.2 Å². The van der Waals surface area contributed by atoms with E-state index in [1.54, 1.807) is 15.6 Å². The fraction of sp³-hybridized carbons (Fsp3) is 0.0833. The van der Waals surface area contributed by atoms with Gasteiger partial charge >= 0.3 is 0 Å². The van der Waals surface area contributed by atoms with Crippen LogP contribution in [0.3, 0.4) is 0 Å². The maximum atomic E-state index is 4.29. The van der Waals surface area contributed by atoms with Crippen LogP contribution in [0.15, 0.2) is 49.2 Å². The van der Waals surface area contributed by atoms with Gasteiger partial charge in [0.25, 0.3) is 0 Å². The van der Waals surface area contributed by atoms with Crippen molar-refractivity contribution >= 4 is 0 Å². The van der Waals surface area contributed by atoms with E-state index in [4.69, 9.17) is 0 Å². The monoisotopic (exact) mass is 225 g/mol. The molecule has 0 bridgehead atoms. The van der Waals surface area contributed by atoms with E-state index in [1.807, 2.05) is 50.0 Å². The zero-order valence-electron chi connectivity index (χ0n) is 9.35. The molecule has 0 unspecified atom stereocenters. The standard InChI is InChI=1S/C12H11N5/c1-16-8-10(6-14-16)11-7-15-17(9-11)12-4-2-3-5-13-12/h2-9H,1H3. The first-order chi connectivity index (χ1) is 8.33. The molecule has 0 saturated heterocycles. The molecule has 0 radical (unpaired) electrons. The lowest BCUT2D eigenvalue weighted by molar-refractivity contribution is 0.768. The van der Waals surface area contributed by atoms with Gasteiger partial charge in [0, 0.05) is 36.8 Å². The van der Waals surface area contributed by atoms with Crippen LogP contribution in [0.25, 0.3) is 16.9 Å². The summed E-state index contributed by atoms with van der Waals surface area (Å²) in [6.45, 7) is 0. The molecule has 5 nitrogen and oxygen atoms in total. The smallest absolute Gasteiger partial charge is 0.153 e. The molecule has 17 heavy (non-hydrogen) atoms.